The molecule has 0 unspecified atom stereocenters. The Morgan fingerprint density at radius 1 is 1.15 bits per heavy atom. The zero-order valence-corrected chi connectivity index (χ0v) is 19.3. The first-order valence-corrected chi connectivity index (χ1v) is 11.1. The minimum Gasteiger partial charge on any atom is -0.491 e. The molecule has 2 aliphatic rings. The molecule has 180 valence electrons. The van der Waals surface area contributed by atoms with Gasteiger partial charge in [-0.05, 0) is 62.6 Å². The van der Waals surface area contributed by atoms with E-state index in [1.165, 1.54) is 19.9 Å². The summed E-state index contributed by atoms with van der Waals surface area (Å²) in [7, 11) is 0. The van der Waals surface area contributed by atoms with Gasteiger partial charge in [-0.1, -0.05) is 23.7 Å². The molecular formula is C24H28ClFO7. The molecule has 2 fully saturated rings. The Bertz CT molecular complexity index is 1040. The van der Waals surface area contributed by atoms with E-state index in [1.807, 2.05) is 0 Å². The molecule has 2 aromatic carbocycles. The van der Waals surface area contributed by atoms with Crippen molar-refractivity contribution >= 4 is 11.6 Å². The standard InChI is InChI=1S/C24H28ClFO7/c1-4-31-18-8-5-13(10-17(18)26)9-14-11-15(6-7-16(14)25)24-21(29)19(27)20(28)23(33-24,12-32-24)22(2,3)30/h5-8,10-11,19-21,27-30H,4,9,12H2,1-3H3/t19-,20-,21+,23+,24-/m0/s1. The van der Waals surface area contributed by atoms with Crippen molar-refractivity contribution in [3.05, 3.63) is 63.9 Å². The van der Waals surface area contributed by atoms with Crippen LogP contribution in [0.4, 0.5) is 4.39 Å². The second kappa shape index (κ2) is 8.46. The molecule has 2 heterocycles. The summed E-state index contributed by atoms with van der Waals surface area (Å²) in [6, 6.07) is 9.46. The third-order valence-electron chi connectivity index (χ3n) is 6.52. The average molecular weight is 483 g/mol. The van der Waals surface area contributed by atoms with Crippen LogP contribution in [0.3, 0.4) is 0 Å². The number of aliphatic hydroxyl groups is 4. The molecule has 33 heavy (non-hydrogen) atoms. The van der Waals surface area contributed by atoms with E-state index in [9.17, 15) is 24.8 Å². The lowest BCUT2D eigenvalue weighted by atomic mass is 9.75. The number of hydrogen-bond donors (Lipinski definition) is 4. The van der Waals surface area contributed by atoms with Crippen LogP contribution in [0.5, 0.6) is 5.75 Å². The van der Waals surface area contributed by atoms with Crippen LogP contribution in [0, 0.1) is 5.82 Å². The van der Waals surface area contributed by atoms with E-state index in [2.05, 4.69) is 0 Å². The van der Waals surface area contributed by atoms with E-state index in [4.69, 9.17) is 25.8 Å². The highest BCUT2D eigenvalue weighted by Crippen LogP contribution is 2.53. The summed E-state index contributed by atoms with van der Waals surface area (Å²) in [6.45, 7) is 4.74. The van der Waals surface area contributed by atoms with Gasteiger partial charge >= 0.3 is 0 Å². The fourth-order valence-electron chi connectivity index (χ4n) is 4.56. The average Bonchev–Trinajstić information content (AvgIpc) is 3.16. The van der Waals surface area contributed by atoms with Crippen molar-refractivity contribution in [1.29, 1.82) is 0 Å². The van der Waals surface area contributed by atoms with Crippen LogP contribution in [0.25, 0.3) is 0 Å². The third-order valence-corrected chi connectivity index (χ3v) is 6.89. The quantitative estimate of drug-likeness (QED) is 0.500. The van der Waals surface area contributed by atoms with Gasteiger partial charge in [0.25, 0.3) is 0 Å². The van der Waals surface area contributed by atoms with E-state index >= 15 is 0 Å². The van der Waals surface area contributed by atoms with E-state index < -0.39 is 41.1 Å². The fourth-order valence-corrected chi connectivity index (χ4v) is 4.74. The lowest BCUT2D eigenvalue weighted by molar-refractivity contribution is -0.348. The minimum atomic E-state index is -1.83. The Balaban J connectivity index is 1.71. The van der Waals surface area contributed by atoms with Gasteiger partial charge in [0.15, 0.2) is 17.2 Å². The number of benzene rings is 2. The third kappa shape index (κ3) is 3.83. The Labute approximate surface area is 196 Å². The normalized spacial score (nSPS) is 31.6. The van der Waals surface area contributed by atoms with Crippen LogP contribution in [0.1, 0.15) is 37.5 Å². The number of rotatable bonds is 6. The van der Waals surface area contributed by atoms with Gasteiger partial charge in [-0.25, -0.2) is 4.39 Å². The first-order valence-electron chi connectivity index (χ1n) is 10.8. The Kier molecular flexibility index (Phi) is 6.24. The molecule has 0 aliphatic carbocycles. The highest BCUT2D eigenvalue weighted by atomic mass is 35.5. The molecule has 0 amide bonds. The Morgan fingerprint density at radius 3 is 2.52 bits per heavy atom. The van der Waals surface area contributed by atoms with Crippen LogP contribution >= 0.6 is 11.6 Å². The predicted molar refractivity (Wildman–Crippen MR) is 118 cm³/mol. The van der Waals surface area contributed by atoms with Crippen molar-refractivity contribution in [2.75, 3.05) is 13.2 Å². The van der Waals surface area contributed by atoms with Crippen molar-refractivity contribution in [1.82, 2.24) is 0 Å². The van der Waals surface area contributed by atoms with Gasteiger partial charge in [0.2, 0.25) is 5.79 Å². The molecule has 2 aromatic rings. The SMILES string of the molecule is CCOc1ccc(Cc2cc([C@]34OC[C@@](C(C)(C)O)(O3)[C@@H](O)[C@H](O)[C@H]4O)ccc2Cl)cc1F. The molecule has 4 N–H and O–H groups in total. The highest BCUT2D eigenvalue weighted by Gasteiger charge is 2.71. The first kappa shape index (κ1) is 24.3. The van der Waals surface area contributed by atoms with Crippen LogP contribution < -0.4 is 4.74 Å². The van der Waals surface area contributed by atoms with Gasteiger partial charge in [0.1, 0.15) is 18.3 Å². The number of ether oxygens (including phenoxy) is 3. The summed E-state index contributed by atoms with van der Waals surface area (Å²) in [6.07, 6.45) is -4.58. The number of aliphatic hydroxyl groups excluding tert-OH is 3. The maximum atomic E-state index is 14.3. The van der Waals surface area contributed by atoms with Crippen molar-refractivity contribution in [2.45, 2.75) is 62.5 Å². The van der Waals surface area contributed by atoms with Gasteiger partial charge in [-0.3, -0.25) is 0 Å². The molecule has 2 saturated heterocycles. The van der Waals surface area contributed by atoms with Gasteiger partial charge in [0, 0.05) is 10.6 Å². The molecule has 5 atom stereocenters. The second-order valence-electron chi connectivity index (χ2n) is 9.07. The zero-order chi connectivity index (χ0) is 24.2. The summed E-state index contributed by atoms with van der Waals surface area (Å²) in [5.41, 5.74) is -1.66. The first-order chi connectivity index (χ1) is 15.4. The smallest absolute Gasteiger partial charge is 0.225 e. The van der Waals surface area contributed by atoms with Crippen LogP contribution in [-0.2, 0) is 21.7 Å². The molecule has 0 radical (unpaired) electrons. The van der Waals surface area contributed by atoms with E-state index in [1.54, 1.807) is 37.3 Å². The van der Waals surface area contributed by atoms with E-state index in [0.717, 1.165) is 0 Å². The van der Waals surface area contributed by atoms with E-state index in [-0.39, 0.29) is 18.8 Å². The van der Waals surface area contributed by atoms with Gasteiger partial charge in [-0.15, -0.1) is 0 Å². The number of halogens is 2. The minimum absolute atomic E-state index is 0.161. The maximum Gasteiger partial charge on any atom is 0.225 e. The molecule has 0 saturated carbocycles. The fraction of sp³-hybridized carbons (Fsp3) is 0.500. The summed E-state index contributed by atoms with van der Waals surface area (Å²) in [5.74, 6) is -2.16. The molecule has 0 aromatic heterocycles. The van der Waals surface area contributed by atoms with Gasteiger partial charge in [0.05, 0.1) is 18.8 Å². The summed E-state index contributed by atoms with van der Waals surface area (Å²) in [4.78, 5) is 0. The summed E-state index contributed by atoms with van der Waals surface area (Å²) >= 11 is 6.40. The molecule has 2 bridgehead atoms. The van der Waals surface area contributed by atoms with Crippen LogP contribution in [0.2, 0.25) is 5.02 Å². The summed E-state index contributed by atoms with van der Waals surface area (Å²) in [5, 5.41) is 43.2. The van der Waals surface area contributed by atoms with Gasteiger partial charge in [-0.2, -0.15) is 0 Å². The number of hydrogen-bond acceptors (Lipinski definition) is 7. The van der Waals surface area contributed by atoms with Crippen molar-refractivity contribution in [3.8, 4) is 5.75 Å². The second-order valence-corrected chi connectivity index (χ2v) is 9.47. The monoisotopic (exact) mass is 482 g/mol. The molecule has 4 rings (SSSR count). The Morgan fingerprint density at radius 2 is 1.88 bits per heavy atom. The van der Waals surface area contributed by atoms with Crippen molar-refractivity contribution < 1.29 is 39.0 Å². The lowest BCUT2D eigenvalue weighted by Crippen LogP contribution is -2.70. The van der Waals surface area contributed by atoms with E-state index in [0.29, 0.717) is 28.3 Å². The highest BCUT2D eigenvalue weighted by molar-refractivity contribution is 6.31. The maximum absolute atomic E-state index is 14.3. The van der Waals surface area contributed by atoms with Crippen molar-refractivity contribution in [3.63, 3.8) is 0 Å². The van der Waals surface area contributed by atoms with Gasteiger partial charge < -0.3 is 34.6 Å². The van der Waals surface area contributed by atoms with Crippen LogP contribution in [-0.4, -0.2) is 63.2 Å². The lowest BCUT2D eigenvalue weighted by Gasteiger charge is -2.50. The van der Waals surface area contributed by atoms with Crippen LogP contribution in [0.15, 0.2) is 36.4 Å². The Hall–Kier alpha value is -1.78. The number of fused-ring (bicyclic) bond motifs is 2. The molecule has 9 heteroatoms. The molecule has 7 nitrogen and oxygen atoms in total. The molecule has 0 spiro atoms. The predicted octanol–water partition coefficient (Wildman–Crippen LogP) is 2.27. The molecule has 2 aliphatic heterocycles. The largest absolute Gasteiger partial charge is 0.491 e. The van der Waals surface area contributed by atoms with Crippen molar-refractivity contribution in [2.24, 2.45) is 0 Å². The molecular weight excluding hydrogens is 455 g/mol. The zero-order valence-electron chi connectivity index (χ0n) is 18.6. The topological polar surface area (TPSA) is 109 Å². The summed E-state index contributed by atoms with van der Waals surface area (Å²) < 4.78 is 31.5.